The third kappa shape index (κ3) is 2.06. The van der Waals surface area contributed by atoms with E-state index >= 15 is 0 Å². The smallest absolute Gasteiger partial charge is 0.303 e. The molecule has 0 bridgehead atoms. The number of nitrogens with one attached hydrogen (secondary N) is 1. The maximum absolute atomic E-state index is 10.4. The number of rotatable bonds is 3. The molecular formula is C9H9ClN2O2. The van der Waals surface area contributed by atoms with E-state index in [1.165, 1.54) is 0 Å². The minimum Gasteiger partial charge on any atom is -0.481 e. The molecule has 0 saturated heterocycles. The van der Waals surface area contributed by atoms with Crippen LogP contribution in [-0.4, -0.2) is 16.1 Å². The molecule has 1 heterocycles. The molecule has 0 unspecified atom stereocenters. The van der Waals surface area contributed by atoms with E-state index in [-0.39, 0.29) is 6.42 Å². The number of aromatic amines is 1. The van der Waals surface area contributed by atoms with Crippen molar-refractivity contribution in [3.8, 4) is 6.07 Å². The van der Waals surface area contributed by atoms with Crippen molar-refractivity contribution in [2.24, 2.45) is 0 Å². The SMILES string of the molecule is Cc1c(C#N)[nH]c(Cl)c1CCC(=O)O. The van der Waals surface area contributed by atoms with Crippen molar-refractivity contribution in [1.29, 1.82) is 5.26 Å². The standard InChI is InChI=1S/C9H9ClN2O2/c1-5-6(2-3-8(13)14)9(10)12-7(5)4-11/h12H,2-3H2,1H3,(H,13,14). The highest BCUT2D eigenvalue weighted by Gasteiger charge is 2.13. The zero-order valence-corrected chi connectivity index (χ0v) is 8.35. The summed E-state index contributed by atoms with van der Waals surface area (Å²) in [4.78, 5) is 13.1. The molecule has 0 aliphatic rings. The average Bonchev–Trinajstić information content (AvgIpc) is 2.39. The van der Waals surface area contributed by atoms with Gasteiger partial charge in [0.2, 0.25) is 0 Å². The molecule has 2 N–H and O–H groups in total. The first kappa shape index (κ1) is 10.6. The molecule has 14 heavy (non-hydrogen) atoms. The average molecular weight is 213 g/mol. The number of hydrogen-bond acceptors (Lipinski definition) is 2. The summed E-state index contributed by atoms with van der Waals surface area (Å²) >= 11 is 5.81. The van der Waals surface area contributed by atoms with Crippen molar-refractivity contribution in [3.05, 3.63) is 22.0 Å². The number of aromatic nitrogens is 1. The second-order valence-corrected chi connectivity index (χ2v) is 3.30. The Bertz CT molecular complexity index is 404. The van der Waals surface area contributed by atoms with Crippen LogP contribution in [0.5, 0.6) is 0 Å². The Kier molecular flexibility index (Phi) is 3.15. The number of carbonyl (C=O) groups is 1. The summed E-state index contributed by atoms with van der Waals surface area (Å²) in [6.45, 7) is 1.75. The summed E-state index contributed by atoms with van der Waals surface area (Å²) in [5.41, 5.74) is 1.85. The van der Waals surface area contributed by atoms with Crippen LogP contribution in [0.4, 0.5) is 0 Å². The molecule has 0 aliphatic carbocycles. The van der Waals surface area contributed by atoms with Crippen LogP contribution in [0.1, 0.15) is 23.2 Å². The van der Waals surface area contributed by atoms with Gasteiger partial charge in [0.25, 0.3) is 0 Å². The Labute approximate surface area is 86.1 Å². The number of nitrogens with zero attached hydrogens (tertiary/aromatic N) is 1. The molecule has 4 nitrogen and oxygen atoms in total. The molecule has 0 fully saturated rings. The molecule has 1 rings (SSSR count). The van der Waals surface area contributed by atoms with Crippen molar-refractivity contribution in [1.82, 2.24) is 4.98 Å². The highest BCUT2D eigenvalue weighted by atomic mass is 35.5. The number of carboxylic acids is 1. The van der Waals surface area contributed by atoms with Crippen LogP contribution >= 0.6 is 11.6 Å². The van der Waals surface area contributed by atoms with Gasteiger partial charge in [0.05, 0.1) is 0 Å². The van der Waals surface area contributed by atoms with E-state index in [0.717, 1.165) is 5.56 Å². The molecule has 0 radical (unpaired) electrons. The maximum Gasteiger partial charge on any atom is 0.303 e. The predicted octanol–water partition coefficient (Wildman–Crippen LogP) is 1.87. The number of aliphatic carboxylic acids is 1. The lowest BCUT2D eigenvalue weighted by Gasteiger charge is -1.97. The summed E-state index contributed by atoms with van der Waals surface area (Å²) in [5, 5.41) is 17.5. The van der Waals surface area contributed by atoms with Gasteiger partial charge in [0, 0.05) is 6.42 Å². The van der Waals surface area contributed by atoms with E-state index < -0.39 is 5.97 Å². The maximum atomic E-state index is 10.4. The molecule has 74 valence electrons. The largest absolute Gasteiger partial charge is 0.481 e. The van der Waals surface area contributed by atoms with Crippen LogP contribution in [-0.2, 0) is 11.2 Å². The lowest BCUT2D eigenvalue weighted by molar-refractivity contribution is -0.136. The van der Waals surface area contributed by atoms with E-state index in [1.807, 2.05) is 6.07 Å². The molecule has 0 atom stereocenters. The van der Waals surface area contributed by atoms with E-state index in [0.29, 0.717) is 22.8 Å². The molecule has 0 aromatic carbocycles. The van der Waals surface area contributed by atoms with Crippen LogP contribution in [0.2, 0.25) is 5.15 Å². The van der Waals surface area contributed by atoms with Crippen molar-refractivity contribution in [2.45, 2.75) is 19.8 Å². The van der Waals surface area contributed by atoms with Gasteiger partial charge in [0.1, 0.15) is 16.9 Å². The quantitative estimate of drug-likeness (QED) is 0.803. The Hall–Kier alpha value is -1.47. The first-order chi connectivity index (χ1) is 6.56. The Morgan fingerprint density at radius 3 is 2.79 bits per heavy atom. The molecule has 0 saturated carbocycles. The first-order valence-corrected chi connectivity index (χ1v) is 4.43. The van der Waals surface area contributed by atoms with Gasteiger partial charge in [-0.2, -0.15) is 5.26 Å². The fourth-order valence-electron chi connectivity index (χ4n) is 1.24. The normalized spacial score (nSPS) is 9.79. The van der Waals surface area contributed by atoms with Crippen LogP contribution in [0.3, 0.4) is 0 Å². The topological polar surface area (TPSA) is 76.9 Å². The van der Waals surface area contributed by atoms with Gasteiger partial charge in [-0.3, -0.25) is 4.79 Å². The van der Waals surface area contributed by atoms with Gasteiger partial charge in [-0.05, 0) is 24.5 Å². The molecule has 5 heteroatoms. The zero-order valence-electron chi connectivity index (χ0n) is 7.59. The minimum absolute atomic E-state index is 0.0171. The number of nitriles is 1. The lowest BCUT2D eigenvalue weighted by Crippen LogP contribution is -1.98. The summed E-state index contributed by atoms with van der Waals surface area (Å²) in [5.74, 6) is -0.875. The summed E-state index contributed by atoms with van der Waals surface area (Å²) in [7, 11) is 0. The Balaban J connectivity index is 2.92. The fourth-order valence-corrected chi connectivity index (χ4v) is 1.57. The van der Waals surface area contributed by atoms with Crippen LogP contribution < -0.4 is 0 Å². The molecule has 0 amide bonds. The van der Waals surface area contributed by atoms with Crippen LogP contribution in [0.15, 0.2) is 0 Å². The molecule has 1 aromatic rings. The van der Waals surface area contributed by atoms with E-state index in [9.17, 15) is 4.79 Å². The highest BCUT2D eigenvalue weighted by molar-refractivity contribution is 6.30. The molecule has 1 aromatic heterocycles. The second-order valence-electron chi connectivity index (χ2n) is 2.92. The third-order valence-corrected chi connectivity index (χ3v) is 2.35. The molecule has 0 spiro atoms. The van der Waals surface area contributed by atoms with Gasteiger partial charge in [-0.1, -0.05) is 11.6 Å². The van der Waals surface area contributed by atoms with Gasteiger partial charge >= 0.3 is 5.97 Å². The fraction of sp³-hybridized carbons (Fsp3) is 0.333. The number of H-pyrrole nitrogens is 1. The Morgan fingerprint density at radius 2 is 2.36 bits per heavy atom. The van der Waals surface area contributed by atoms with Crippen LogP contribution in [0, 0.1) is 18.3 Å². The van der Waals surface area contributed by atoms with E-state index in [1.54, 1.807) is 6.92 Å². The number of hydrogen-bond donors (Lipinski definition) is 2. The highest BCUT2D eigenvalue weighted by Crippen LogP contribution is 2.23. The van der Waals surface area contributed by atoms with Crippen LogP contribution in [0.25, 0.3) is 0 Å². The predicted molar refractivity (Wildman–Crippen MR) is 51.2 cm³/mol. The van der Waals surface area contributed by atoms with Crippen molar-refractivity contribution in [2.75, 3.05) is 0 Å². The summed E-state index contributed by atoms with van der Waals surface area (Å²) < 4.78 is 0. The minimum atomic E-state index is -0.875. The lowest BCUT2D eigenvalue weighted by atomic mass is 10.1. The zero-order chi connectivity index (χ0) is 10.7. The number of carboxylic acid groups (broad SMARTS) is 1. The third-order valence-electron chi connectivity index (χ3n) is 2.03. The van der Waals surface area contributed by atoms with Crippen molar-refractivity contribution >= 4 is 17.6 Å². The molecule has 0 aliphatic heterocycles. The van der Waals surface area contributed by atoms with Crippen molar-refractivity contribution < 1.29 is 9.90 Å². The van der Waals surface area contributed by atoms with Gasteiger partial charge in [-0.25, -0.2) is 0 Å². The monoisotopic (exact) mass is 212 g/mol. The van der Waals surface area contributed by atoms with Gasteiger partial charge < -0.3 is 10.1 Å². The summed E-state index contributed by atoms with van der Waals surface area (Å²) in [6.07, 6.45) is 0.363. The van der Waals surface area contributed by atoms with E-state index in [4.69, 9.17) is 22.0 Å². The summed E-state index contributed by atoms with van der Waals surface area (Å²) in [6, 6.07) is 1.96. The number of halogens is 1. The molecular weight excluding hydrogens is 204 g/mol. The van der Waals surface area contributed by atoms with Crippen molar-refractivity contribution in [3.63, 3.8) is 0 Å². The Morgan fingerprint density at radius 1 is 1.71 bits per heavy atom. The first-order valence-electron chi connectivity index (χ1n) is 4.05. The van der Waals surface area contributed by atoms with Gasteiger partial charge in [0.15, 0.2) is 0 Å². The second kappa shape index (κ2) is 4.16. The van der Waals surface area contributed by atoms with Gasteiger partial charge in [-0.15, -0.1) is 0 Å². The van der Waals surface area contributed by atoms with E-state index in [2.05, 4.69) is 4.98 Å².